The van der Waals surface area contributed by atoms with E-state index in [9.17, 15) is 9.90 Å². The van der Waals surface area contributed by atoms with Crippen LogP contribution in [0.2, 0.25) is 0 Å². The fourth-order valence-corrected chi connectivity index (χ4v) is 4.35. The number of carbonyl (C=O) groups is 1. The molecular weight excluding hydrogens is 448 g/mol. The lowest BCUT2D eigenvalue weighted by Crippen LogP contribution is -2.08. The van der Waals surface area contributed by atoms with E-state index in [1.807, 2.05) is 12.1 Å². The van der Waals surface area contributed by atoms with E-state index in [-0.39, 0.29) is 19.8 Å². The number of unbranched alkanes of at least 4 members (excludes halogenated alkanes) is 2. The summed E-state index contributed by atoms with van der Waals surface area (Å²) in [4.78, 5) is 11.5. The van der Waals surface area contributed by atoms with E-state index in [1.165, 1.54) is 47.1 Å². The van der Waals surface area contributed by atoms with Crippen molar-refractivity contribution >= 4 is 5.97 Å². The average molecular weight is 487 g/mol. The summed E-state index contributed by atoms with van der Waals surface area (Å²) in [6, 6.07) is 21.7. The zero-order chi connectivity index (χ0) is 25.8. The van der Waals surface area contributed by atoms with Gasteiger partial charge in [0.25, 0.3) is 0 Å². The summed E-state index contributed by atoms with van der Waals surface area (Å²) in [5, 5.41) is 9.18. The molecule has 3 aromatic carbocycles. The van der Waals surface area contributed by atoms with E-state index < -0.39 is 5.97 Å². The van der Waals surface area contributed by atoms with Gasteiger partial charge in [-0.1, -0.05) is 81.8 Å². The molecule has 0 atom stereocenters. The van der Waals surface area contributed by atoms with E-state index in [4.69, 9.17) is 9.47 Å². The van der Waals surface area contributed by atoms with Crippen LogP contribution in [-0.2, 0) is 28.8 Å². The molecule has 0 aliphatic heterocycles. The third kappa shape index (κ3) is 7.56. The lowest BCUT2D eigenvalue weighted by Gasteiger charge is -2.16. The summed E-state index contributed by atoms with van der Waals surface area (Å²) >= 11 is 0. The van der Waals surface area contributed by atoms with Crippen LogP contribution < -0.4 is 4.74 Å². The van der Waals surface area contributed by atoms with E-state index in [0.717, 1.165) is 30.0 Å². The number of benzene rings is 3. The summed E-state index contributed by atoms with van der Waals surface area (Å²) < 4.78 is 10.9. The van der Waals surface area contributed by atoms with Gasteiger partial charge in [-0.3, -0.25) is 0 Å². The molecule has 1 N–H and O–H groups in total. The van der Waals surface area contributed by atoms with Crippen molar-refractivity contribution in [2.45, 2.75) is 52.4 Å². The highest BCUT2D eigenvalue weighted by molar-refractivity contribution is 5.81. The molecule has 0 radical (unpaired) electrons. The molecule has 3 aromatic rings. The fourth-order valence-electron chi connectivity index (χ4n) is 4.35. The van der Waals surface area contributed by atoms with Crippen molar-refractivity contribution in [2.24, 2.45) is 0 Å². The predicted octanol–water partition coefficient (Wildman–Crippen LogP) is 6.96. The van der Waals surface area contributed by atoms with Crippen molar-refractivity contribution in [1.29, 1.82) is 0 Å². The number of aliphatic hydroxyl groups excluding tert-OH is 1. The Balaban J connectivity index is 1.84. The van der Waals surface area contributed by atoms with Gasteiger partial charge in [-0.2, -0.15) is 0 Å². The molecule has 3 rings (SSSR count). The number of hydrogen-bond donors (Lipinski definition) is 1. The first kappa shape index (κ1) is 27.2. The lowest BCUT2D eigenvalue weighted by molar-refractivity contribution is -0.137. The predicted molar refractivity (Wildman–Crippen MR) is 147 cm³/mol. The van der Waals surface area contributed by atoms with Crippen molar-refractivity contribution in [3.63, 3.8) is 0 Å². The summed E-state index contributed by atoms with van der Waals surface area (Å²) in [5.41, 5.74) is 8.31. The van der Waals surface area contributed by atoms with Gasteiger partial charge in [0.05, 0.1) is 13.2 Å². The second-order valence-electron chi connectivity index (χ2n) is 8.90. The maximum Gasteiger partial charge on any atom is 0.330 e. The molecular formula is C32H38O4. The van der Waals surface area contributed by atoms with Crippen LogP contribution in [0.1, 0.15) is 49.8 Å². The quantitative estimate of drug-likeness (QED) is 0.152. The third-order valence-electron chi connectivity index (χ3n) is 6.35. The van der Waals surface area contributed by atoms with Crippen LogP contribution in [0.25, 0.3) is 22.3 Å². The zero-order valence-corrected chi connectivity index (χ0v) is 21.6. The highest BCUT2D eigenvalue weighted by Gasteiger charge is 2.12. The Labute approximate surface area is 215 Å². The standard InChI is InChI=1S/C32H38O4/c1-4-7-8-9-24-10-12-26(13-11-24)27-14-16-30(25(5-2)22-27)28-15-17-31(35-21-19-33)29(23-28)18-20-36-32(34)6-3/h6,10-17,22-23,33H,3-5,7-9,18-21H2,1-2H3. The summed E-state index contributed by atoms with van der Waals surface area (Å²) in [6.07, 6.45) is 7.49. The highest BCUT2D eigenvalue weighted by Crippen LogP contribution is 2.33. The lowest BCUT2D eigenvalue weighted by atomic mass is 9.92. The molecule has 0 aromatic heterocycles. The van der Waals surface area contributed by atoms with Crippen molar-refractivity contribution in [2.75, 3.05) is 19.8 Å². The molecule has 4 nitrogen and oxygen atoms in total. The monoisotopic (exact) mass is 486 g/mol. The van der Waals surface area contributed by atoms with E-state index >= 15 is 0 Å². The zero-order valence-electron chi connectivity index (χ0n) is 21.6. The van der Waals surface area contributed by atoms with Gasteiger partial charge in [0.1, 0.15) is 12.4 Å². The van der Waals surface area contributed by atoms with Crippen LogP contribution in [0.5, 0.6) is 5.75 Å². The number of esters is 1. The van der Waals surface area contributed by atoms with Crippen LogP contribution in [-0.4, -0.2) is 30.9 Å². The van der Waals surface area contributed by atoms with Crippen LogP contribution in [0.3, 0.4) is 0 Å². The Morgan fingerprint density at radius 1 is 0.861 bits per heavy atom. The van der Waals surface area contributed by atoms with Crippen molar-refractivity contribution in [1.82, 2.24) is 0 Å². The van der Waals surface area contributed by atoms with Crippen LogP contribution >= 0.6 is 0 Å². The van der Waals surface area contributed by atoms with Gasteiger partial charge in [-0.15, -0.1) is 0 Å². The van der Waals surface area contributed by atoms with Crippen molar-refractivity contribution in [3.8, 4) is 28.0 Å². The Morgan fingerprint density at radius 2 is 1.58 bits per heavy atom. The Kier molecular flexibility index (Phi) is 10.8. The molecule has 0 aliphatic rings. The summed E-state index contributed by atoms with van der Waals surface area (Å²) in [7, 11) is 0. The molecule has 0 heterocycles. The van der Waals surface area contributed by atoms with Gasteiger partial charge >= 0.3 is 5.97 Å². The second-order valence-corrected chi connectivity index (χ2v) is 8.90. The number of aryl methyl sites for hydroxylation is 2. The van der Waals surface area contributed by atoms with Crippen molar-refractivity contribution in [3.05, 3.63) is 90.0 Å². The maximum atomic E-state index is 11.5. The topological polar surface area (TPSA) is 55.8 Å². The summed E-state index contributed by atoms with van der Waals surface area (Å²) in [5.74, 6) is 0.248. The molecule has 0 bridgehead atoms. The van der Waals surface area contributed by atoms with Crippen LogP contribution in [0, 0.1) is 0 Å². The molecule has 0 amide bonds. The molecule has 0 saturated heterocycles. The van der Waals surface area contributed by atoms with Crippen LogP contribution in [0.4, 0.5) is 0 Å². The first-order valence-corrected chi connectivity index (χ1v) is 13.0. The molecule has 0 unspecified atom stereocenters. The molecule has 190 valence electrons. The minimum Gasteiger partial charge on any atom is -0.491 e. The van der Waals surface area contributed by atoms with E-state index in [1.54, 1.807) is 0 Å². The number of rotatable bonds is 14. The van der Waals surface area contributed by atoms with Gasteiger partial charge in [0.2, 0.25) is 0 Å². The molecule has 0 fully saturated rings. The first-order chi connectivity index (χ1) is 17.6. The SMILES string of the molecule is C=CC(=O)OCCc1cc(-c2ccc(-c3ccc(CCCCC)cc3)cc2CC)ccc1OCCO. The van der Waals surface area contributed by atoms with Gasteiger partial charge in [0, 0.05) is 12.5 Å². The number of carbonyl (C=O) groups excluding carboxylic acids is 1. The van der Waals surface area contributed by atoms with E-state index in [0.29, 0.717) is 12.2 Å². The number of ether oxygens (including phenoxy) is 2. The highest BCUT2D eigenvalue weighted by atomic mass is 16.5. The largest absolute Gasteiger partial charge is 0.491 e. The molecule has 36 heavy (non-hydrogen) atoms. The Hall–Kier alpha value is -3.37. The molecule has 4 heteroatoms. The normalized spacial score (nSPS) is 10.8. The average Bonchev–Trinajstić information content (AvgIpc) is 2.92. The van der Waals surface area contributed by atoms with Gasteiger partial charge in [-0.25, -0.2) is 4.79 Å². The van der Waals surface area contributed by atoms with Gasteiger partial charge < -0.3 is 14.6 Å². The van der Waals surface area contributed by atoms with Crippen molar-refractivity contribution < 1.29 is 19.4 Å². The molecule has 0 spiro atoms. The number of hydrogen-bond acceptors (Lipinski definition) is 4. The summed E-state index contributed by atoms with van der Waals surface area (Å²) in [6.45, 7) is 8.23. The van der Waals surface area contributed by atoms with Crippen LogP contribution in [0.15, 0.2) is 73.3 Å². The third-order valence-corrected chi connectivity index (χ3v) is 6.35. The number of aliphatic hydroxyl groups is 1. The minimum absolute atomic E-state index is 0.0617. The fraction of sp³-hybridized carbons (Fsp3) is 0.344. The first-order valence-electron chi connectivity index (χ1n) is 13.0. The van der Waals surface area contributed by atoms with E-state index in [2.05, 4.69) is 69.0 Å². The second kappa shape index (κ2) is 14.3. The smallest absolute Gasteiger partial charge is 0.330 e. The molecule has 0 saturated carbocycles. The van der Waals surface area contributed by atoms with Gasteiger partial charge in [-0.05, 0) is 70.3 Å². The maximum absolute atomic E-state index is 11.5. The minimum atomic E-state index is -0.443. The van der Waals surface area contributed by atoms with Gasteiger partial charge in [0.15, 0.2) is 0 Å². The Morgan fingerprint density at radius 3 is 2.28 bits per heavy atom. The Bertz CT molecular complexity index is 1130. The molecule has 0 aliphatic carbocycles.